The second-order valence-corrected chi connectivity index (χ2v) is 5.06. The Kier molecular flexibility index (Phi) is 4.47. The largest absolute Gasteiger partial charge is 0.545 e. The van der Waals surface area contributed by atoms with E-state index >= 15 is 0 Å². The van der Waals surface area contributed by atoms with Crippen molar-refractivity contribution >= 4 is 23.4 Å². The smallest absolute Gasteiger partial charge is 0.0716 e. The van der Waals surface area contributed by atoms with E-state index < -0.39 is 5.97 Å². The molecule has 0 aliphatic carbocycles. The molecule has 1 N–H and O–H groups in total. The third kappa shape index (κ3) is 3.51. The van der Waals surface area contributed by atoms with E-state index in [2.05, 4.69) is 17.4 Å². The van der Waals surface area contributed by atoms with Gasteiger partial charge in [-0.25, -0.2) is 0 Å². The van der Waals surface area contributed by atoms with Crippen molar-refractivity contribution in [3.8, 4) is 0 Å². The minimum absolute atomic E-state index is 0.192. The summed E-state index contributed by atoms with van der Waals surface area (Å²) in [6, 6.07) is 15.1. The van der Waals surface area contributed by atoms with Gasteiger partial charge in [0.25, 0.3) is 0 Å². The molecule has 2 rings (SSSR count). The Balaban J connectivity index is 2.14. The Morgan fingerprint density at radius 1 is 1.21 bits per heavy atom. The lowest BCUT2D eigenvalue weighted by Gasteiger charge is -2.12. The van der Waals surface area contributed by atoms with Gasteiger partial charge in [-0.15, -0.1) is 11.8 Å². The molecular weight excluding hydrogens is 258 g/mol. The second kappa shape index (κ2) is 6.29. The maximum absolute atomic E-state index is 10.8. The average Bonchev–Trinajstić information content (AvgIpc) is 2.45. The van der Waals surface area contributed by atoms with Crippen LogP contribution in [0.15, 0.2) is 53.4 Å². The van der Waals surface area contributed by atoms with Crippen molar-refractivity contribution in [2.45, 2.75) is 10.6 Å². The minimum atomic E-state index is -1.15. The van der Waals surface area contributed by atoms with Gasteiger partial charge >= 0.3 is 0 Å². The van der Waals surface area contributed by atoms with Gasteiger partial charge in [0.2, 0.25) is 0 Å². The van der Waals surface area contributed by atoms with Gasteiger partial charge in [0.05, 0.1) is 5.97 Å². The van der Waals surface area contributed by atoms with Crippen molar-refractivity contribution in [1.29, 1.82) is 0 Å². The fourth-order valence-electron chi connectivity index (χ4n) is 1.74. The standard InChI is InChI=1S/C15H15NO2S/c1-16-14-9-11(15(17)18)7-8-12(14)10-19-13-5-3-2-4-6-13/h2-9,16H,10H2,1H3,(H,17,18)/p-1. The second-order valence-electron chi connectivity index (χ2n) is 4.01. The molecule has 0 aliphatic rings. The SMILES string of the molecule is CNc1cc(C(=O)[O-])ccc1CSc1ccccc1. The van der Waals surface area contributed by atoms with E-state index in [0.29, 0.717) is 0 Å². The normalized spacial score (nSPS) is 10.2. The predicted octanol–water partition coefficient (Wildman–Crippen LogP) is 2.38. The number of rotatable bonds is 5. The molecule has 2 aromatic rings. The first kappa shape index (κ1) is 13.5. The molecule has 0 spiro atoms. The number of thioether (sulfide) groups is 1. The number of carbonyl (C=O) groups excluding carboxylic acids is 1. The summed E-state index contributed by atoms with van der Waals surface area (Å²) in [7, 11) is 1.78. The van der Waals surface area contributed by atoms with E-state index in [0.717, 1.165) is 17.0 Å². The minimum Gasteiger partial charge on any atom is -0.545 e. The first-order chi connectivity index (χ1) is 9.20. The summed E-state index contributed by atoms with van der Waals surface area (Å²) >= 11 is 1.71. The van der Waals surface area contributed by atoms with Crippen molar-refractivity contribution in [3.05, 3.63) is 59.7 Å². The lowest BCUT2D eigenvalue weighted by Crippen LogP contribution is -2.22. The Bertz CT molecular complexity index is 570. The van der Waals surface area contributed by atoms with E-state index in [1.54, 1.807) is 30.9 Å². The van der Waals surface area contributed by atoms with Crippen LogP contribution in [0.2, 0.25) is 0 Å². The molecule has 98 valence electrons. The number of carboxylic acids is 1. The third-order valence-corrected chi connectivity index (χ3v) is 3.81. The molecule has 3 nitrogen and oxygen atoms in total. The highest BCUT2D eigenvalue weighted by atomic mass is 32.2. The highest BCUT2D eigenvalue weighted by Gasteiger charge is 2.04. The molecule has 19 heavy (non-hydrogen) atoms. The van der Waals surface area contributed by atoms with Gasteiger partial charge in [0, 0.05) is 23.4 Å². The molecule has 0 atom stereocenters. The van der Waals surface area contributed by atoms with Gasteiger partial charge in [-0.1, -0.05) is 30.3 Å². The maximum atomic E-state index is 10.8. The van der Waals surface area contributed by atoms with Gasteiger partial charge < -0.3 is 15.2 Å². The Hall–Kier alpha value is -1.94. The summed E-state index contributed by atoms with van der Waals surface area (Å²) in [6.07, 6.45) is 0. The summed E-state index contributed by atoms with van der Waals surface area (Å²) in [4.78, 5) is 12.0. The maximum Gasteiger partial charge on any atom is 0.0716 e. The van der Waals surface area contributed by atoms with Crippen molar-refractivity contribution in [2.24, 2.45) is 0 Å². The molecule has 0 radical (unpaired) electrons. The van der Waals surface area contributed by atoms with Gasteiger partial charge in [-0.05, 0) is 29.3 Å². The number of benzene rings is 2. The van der Waals surface area contributed by atoms with Crippen LogP contribution >= 0.6 is 11.8 Å². The summed E-state index contributed by atoms with van der Waals surface area (Å²) in [5.74, 6) is -0.369. The van der Waals surface area contributed by atoms with Crippen LogP contribution in [-0.2, 0) is 5.75 Å². The molecule has 0 bridgehead atoms. The zero-order valence-electron chi connectivity index (χ0n) is 10.6. The summed E-state index contributed by atoms with van der Waals surface area (Å²) in [5.41, 5.74) is 2.09. The molecule has 0 aliphatic heterocycles. The topological polar surface area (TPSA) is 52.2 Å². The number of nitrogens with one attached hydrogen (secondary N) is 1. The summed E-state index contributed by atoms with van der Waals surface area (Å²) in [5, 5.41) is 13.8. The Morgan fingerprint density at radius 3 is 2.58 bits per heavy atom. The zero-order chi connectivity index (χ0) is 13.7. The third-order valence-electron chi connectivity index (χ3n) is 2.75. The molecule has 0 unspecified atom stereocenters. The lowest BCUT2D eigenvalue weighted by molar-refractivity contribution is -0.255. The molecular formula is C15H14NO2S-. The molecule has 4 heteroatoms. The zero-order valence-corrected chi connectivity index (χ0v) is 11.4. The van der Waals surface area contributed by atoms with E-state index in [9.17, 15) is 9.90 Å². The van der Waals surface area contributed by atoms with E-state index in [1.807, 2.05) is 24.3 Å². The fraction of sp³-hybridized carbons (Fsp3) is 0.133. The van der Waals surface area contributed by atoms with Crippen molar-refractivity contribution in [1.82, 2.24) is 0 Å². The number of carbonyl (C=O) groups is 1. The van der Waals surface area contributed by atoms with Gasteiger partial charge in [-0.3, -0.25) is 0 Å². The van der Waals surface area contributed by atoms with Crippen LogP contribution in [0.3, 0.4) is 0 Å². The fourth-order valence-corrected chi connectivity index (χ4v) is 2.66. The van der Waals surface area contributed by atoms with E-state index in [-0.39, 0.29) is 5.56 Å². The van der Waals surface area contributed by atoms with Crippen LogP contribution in [0.4, 0.5) is 5.69 Å². The monoisotopic (exact) mass is 272 g/mol. The van der Waals surface area contributed by atoms with E-state index in [1.165, 1.54) is 4.90 Å². The summed E-state index contributed by atoms with van der Waals surface area (Å²) < 4.78 is 0. The average molecular weight is 272 g/mol. The highest BCUT2D eigenvalue weighted by molar-refractivity contribution is 7.98. The molecule has 0 saturated heterocycles. The van der Waals surface area contributed by atoms with Crippen LogP contribution < -0.4 is 10.4 Å². The first-order valence-electron chi connectivity index (χ1n) is 5.90. The van der Waals surface area contributed by atoms with Crippen LogP contribution in [0.25, 0.3) is 0 Å². The Morgan fingerprint density at radius 2 is 1.95 bits per heavy atom. The molecule has 0 saturated carbocycles. The number of hydrogen-bond donors (Lipinski definition) is 1. The number of hydrogen-bond acceptors (Lipinski definition) is 4. The van der Waals surface area contributed by atoms with Crippen molar-refractivity contribution < 1.29 is 9.90 Å². The molecule has 0 fully saturated rings. The van der Waals surface area contributed by atoms with Crippen LogP contribution in [-0.4, -0.2) is 13.0 Å². The van der Waals surface area contributed by atoms with Crippen molar-refractivity contribution in [3.63, 3.8) is 0 Å². The lowest BCUT2D eigenvalue weighted by atomic mass is 10.1. The highest BCUT2D eigenvalue weighted by Crippen LogP contribution is 2.27. The van der Waals surface area contributed by atoms with Crippen LogP contribution in [0.5, 0.6) is 0 Å². The Labute approximate surface area is 116 Å². The van der Waals surface area contributed by atoms with E-state index in [4.69, 9.17) is 0 Å². The number of anilines is 1. The van der Waals surface area contributed by atoms with Crippen LogP contribution in [0, 0.1) is 0 Å². The number of carboxylic acid groups (broad SMARTS) is 1. The molecule has 0 amide bonds. The van der Waals surface area contributed by atoms with Gasteiger partial charge in [0.1, 0.15) is 0 Å². The predicted molar refractivity (Wildman–Crippen MR) is 76.3 cm³/mol. The molecule has 0 aromatic heterocycles. The molecule has 0 heterocycles. The van der Waals surface area contributed by atoms with Gasteiger partial charge in [0.15, 0.2) is 0 Å². The van der Waals surface area contributed by atoms with Gasteiger partial charge in [-0.2, -0.15) is 0 Å². The number of aromatic carboxylic acids is 1. The first-order valence-corrected chi connectivity index (χ1v) is 6.89. The summed E-state index contributed by atoms with van der Waals surface area (Å²) in [6.45, 7) is 0. The quantitative estimate of drug-likeness (QED) is 0.849. The molecule has 2 aromatic carbocycles. The van der Waals surface area contributed by atoms with Crippen molar-refractivity contribution in [2.75, 3.05) is 12.4 Å². The van der Waals surface area contributed by atoms with Crippen LogP contribution in [0.1, 0.15) is 15.9 Å².